The largest absolute Gasteiger partial charge is 0.271 e. The Labute approximate surface area is 199 Å². The molecule has 0 unspecified atom stereocenters. The number of rotatable bonds is 6. The van der Waals surface area contributed by atoms with Gasteiger partial charge in [0.2, 0.25) is 0 Å². The number of hydrogen-bond donors (Lipinski definition) is 1. The normalized spacial score (nSPS) is 12.0. The lowest BCUT2D eigenvalue weighted by molar-refractivity contribution is -0.384. The summed E-state index contributed by atoms with van der Waals surface area (Å²) in [6, 6.07) is 17.9. The van der Waals surface area contributed by atoms with Crippen molar-refractivity contribution in [3.05, 3.63) is 105 Å². The maximum Gasteiger partial charge on any atom is 0.271 e. The third kappa shape index (κ3) is 4.41. The van der Waals surface area contributed by atoms with Crippen molar-refractivity contribution >= 4 is 49.8 Å². The molecule has 0 aliphatic rings. The van der Waals surface area contributed by atoms with E-state index >= 15 is 0 Å². The Morgan fingerprint density at radius 3 is 2.38 bits per heavy atom. The van der Waals surface area contributed by atoms with Crippen LogP contribution in [0.25, 0.3) is 10.9 Å². The molecule has 1 aromatic heterocycles. The standard InChI is InChI=1S/C23H17ClN4O5S/c1-15(25-26-23(29)16-5-3-2-4-6-16)21-14-27(22-12-9-18(28(30)31)13-20(21)22)34(32,33)19-10-7-17(24)8-11-19/h2-14H,1H3,(H,26,29)/b25-15+. The Morgan fingerprint density at radius 2 is 1.74 bits per heavy atom. The number of halogens is 1. The minimum atomic E-state index is -4.06. The molecule has 0 radical (unpaired) electrons. The highest BCUT2D eigenvalue weighted by Gasteiger charge is 2.24. The molecule has 0 bridgehead atoms. The summed E-state index contributed by atoms with van der Waals surface area (Å²) in [4.78, 5) is 23.1. The van der Waals surface area contributed by atoms with E-state index < -0.39 is 20.9 Å². The summed E-state index contributed by atoms with van der Waals surface area (Å²) in [5.41, 5.74) is 3.40. The lowest BCUT2D eigenvalue weighted by Crippen LogP contribution is -2.19. The van der Waals surface area contributed by atoms with E-state index in [2.05, 4.69) is 10.5 Å². The van der Waals surface area contributed by atoms with Gasteiger partial charge in [-0.25, -0.2) is 17.8 Å². The third-order valence-electron chi connectivity index (χ3n) is 5.09. The summed E-state index contributed by atoms with van der Waals surface area (Å²) >= 11 is 5.88. The van der Waals surface area contributed by atoms with Gasteiger partial charge in [-0.05, 0) is 49.4 Å². The molecule has 172 valence electrons. The van der Waals surface area contributed by atoms with E-state index in [4.69, 9.17) is 11.6 Å². The molecule has 11 heteroatoms. The number of fused-ring (bicyclic) bond motifs is 1. The molecular formula is C23H17ClN4O5S. The minimum absolute atomic E-state index is 0.00863. The molecule has 1 N–H and O–H groups in total. The molecule has 1 heterocycles. The predicted octanol–water partition coefficient (Wildman–Crippen LogP) is 4.59. The molecule has 0 aliphatic carbocycles. The first-order valence-electron chi connectivity index (χ1n) is 9.89. The molecule has 0 saturated carbocycles. The van der Waals surface area contributed by atoms with Gasteiger partial charge in [0.25, 0.3) is 21.6 Å². The number of aromatic nitrogens is 1. The van der Waals surface area contributed by atoms with Gasteiger partial charge < -0.3 is 0 Å². The fourth-order valence-electron chi connectivity index (χ4n) is 3.36. The summed E-state index contributed by atoms with van der Waals surface area (Å²) in [5, 5.41) is 16.1. The van der Waals surface area contributed by atoms with E-state index in [0.717, 1.165) is 3.97 Å². The average Bonchev–Trinajstić information content (AvgIpc) is 3.23. The highest BCUT2D eigenvalue weighted by atomic mass is 35.5. The number of nitro benzene ring substituents is 1. The van der Waals surface area contributed by atoms with Gasteiger partial charge in [0.15, 0.2) is 0 Å². The monoisotopic (exact) mass is 496 g/mol. The van der Waals surface area contributed by atoms with Crippen molar-refractivity contribution in [1.29, 1.82) is 0 Å². The van der Waals surface area contributed by atoms with Crippen molar-refractivity contribution < 1.29 is 18.1 Å². The van der Waals surface area contributed by atoms with Crippen molar-refractivity contribution in [2.24, 2.45) is 5.10 Å². The van der Waals surface area contributed by atoms with Crippen LogP contribution in [0.2, 0.25) is 5.02 Å². The van der Waals surface area contributed by atoms with E-state index in [1.54, 1.807) is 37.3 Å². The Hall–Kier alpha value is -4.02. The number of nitrogens with zero attached hydrogens (tertiary/aromatic N) is 3. The molecule has 0 fully saturated rings. The quantitative estimate of drug-likeness (QED) is 0.237. The van der Waals surface area contributed by atoms with E-state index in [1.165, 1.54) is 48.7 Å². The third-order valence-corrected chi connectivity index (χ3v) is 7.03. The summed E-state index contributed by atoms with van der Waals surface area (Å²) in [6.07, 6.45) is 1.33. The van der Waals surface area contributed by atoms with E-state index in [9.17, 15) is 23.3 Å². The average molecular weight is 497 g/mol. The van der Waals surface area contributed by atoms with Crippen LogP contribution < -0.4 is 5.43 Å². The van der Waals surface area contributed by atoms with Gasteiger partial charge in [-0.2, -0.15) is 5.10 Å². The van der Waals surface area contributed by atoms with Gasteiger partial charge in [0.1, 0.15) is 0 Å². The first-order valence-corrected chi connectivity index (χ1v) is 11.7. The van der Waals surface area contributed by atoms with Crippen LogP contribution in [-0.4, -0.2) is 28.9 Å². The fraction of sp³-hybridized carbons (Fsp3) is 0.0435. The molecule has 34 heavy (non-hydrogen) atoms. The van der Waals surface area contributed by atoms with Crippen LogP contribution in [-0.2, 0) is 10.0 Å². The number of amides is 1. The van der Waals surface area contributed by atoms with Crippen molar-refractivity contribution in [2.45, 2.75) is 11.8 Å². The zero-order chi connectivity index (χ0) is 24.5. The van der Waals surface area contributed by atoms with Crippen molar-refractivity contribution in [1.82, 2.24) is 9.40 Å². The summed E-state index contributed by atoms with van der Waals surface area (Å²) in [6.45, 7) is 1.57. The number of carbonyl (C=O) groups excluding carboxylic acids is 1. The van der Waals surface area contributed by atoms with Crippen molar-refractivity contribution in [3.63, 3.8) is 0 Å². The van der Waals surface area contributed by atoms with Gasteiger partial charge in [-0.15, -0.1) is 0 Å². The molecule has 1 amide bonds. The van der Waals surface area contributed by atoms with Crippen LogP contribution in [0.1, 0.15) is 22.8 Å². The highest BCUT2D eigenvalue weighted by Crippen LogP contribution is 2.30. The van der Waals surface area contributed by atoms with Gasteiger partial charge in [0.05, 0.1) is 21.0 Å². The molecule has 0 aliphatic heterocycles. The van der Waals surface area contributed by atoms with Crippen LogP contribution in [0.15, 0.2) is 89.0 Å². The zero-order valence-corrected chi connectivity index (χ0v) is 19.2. The minimum Gasteiger partial charge on any atom is -0.267 e. The van der Waals surface area contributed by atoms with Crippen molar-refractivity contribution in [3.8, 4) is 0 Å². The highest BCUT2D eigenvalue weighted by molar-refractivity contribution is 7.90. The zero-order valence-electron chi connectivity index (χ0n) is 17.7. The molecule has 9 nitrogen and oxygen atoms in total. The lowest BCUT2D eigenvalue weighted by Gasteiger charge is -2.07. The second kappa shape index (κ2) is 9.08. The molecule has 3 aromatic carbocycles. The van der Waals surface area contributed by atoms with Gasteiger partial charge >= 0.3 is 0 Å². The molecule has 4 aromatic rings. The van der Waals surface area contributed by atoms with Crippen molar-refractivity contribution in [2.75, 3.05) is 0 Å². The Kier molecular flexibility index (Phi) is 6.18. The predicted molar refractivity (Wildman–Crippen MR) is 129 cm³/mol. The number of carbonyl (C=O) groups is 1. The number of nitrogens with one attached hydrogen (secondary N) is 1. The van der Waals surface area contributed by atoms with E-state index in [0.29, 0.717) is 21.5 Å². The Bertz CT molecular complexity index is 1550. The number of nitro groups is 1. The van der Waals surface area contributed by atoms with Crippen LogP contribution in [0.3, 0.4) is 0 Å². The summed E-state index contributed by atoms with van der Waals surface area (Å²) < 4.78 is 27.7. The second-order valence-electron chi connectivity index (χ2n) is 7.26. The molecule has 0 saturated heterocycles. The Balaban J connectivity index is 1.83. The maximum absolute atomic E-state index is 13.3. The van der Waals surface area contributed by atoms with Gasteiger partial charge in [-0.1, -0.05) is 29.8 Å². The summed E-state index contributed by atoms with van der Waals surface area (Å²) in [7, 11) is -4.06. The van der Waals surface area contributed by atoms with Crippen LogP contribution in [0, 0.1) is 10.1 Å². The fourth-order valence-corrected chi connectivity index (χ4v) is 4.85. The van der Waals surface area contributed by atoms with Crippen LogP contribution in [0.5, 0.6) is 0 Å². The number of hydrogen-bond acceptors (Lipinski definition) is 6. The van der Waals surface area contributed by atoms with Gasteiger partial charge in [-0.3, -0.25) is 14.9 Å². The number of benzene rings is 3. The number of hydrazone groups is 1. The first-order chi connectivity index (χ1) is 16.2. The number of non-ortho nitro benzene ring substituents is 1. The Morgan fingerprint density at radius 1 is 1.06 bits per heavy atom. The molecule has 0 atom stereocenters. The van der Waals surface area contributed by atoms with E-state index in [-0.39, 0.29) is 21.8 Å². The second-order valence-corrected chi connectivity index (χ2v) is 9.51. The molecular weight excluding hydrogens is 480 g/mol. The SMILES string of the molecule is C/C(=N\NC(=O)c1ccccc1)c1cn(S(=O)(=O)c2ccc(Cl)cc2)c2ccc([N+](=O)[O-])cc12. The lowest BCUT2D eigenvalue weighted by atomic mass is 10.1. The topological polar surface area (TPSA) is 124 Å². The van der Waals surface area contributed by atoms with Crippen LogP contribution in [0.4, 0.5) is 5.69 Å². The van der Waals surface area contributed by atoms with Crippen LogP contribution >= 0.6 is 11.6 Å². The van der Waals surface area contributed by atoms with Gasteiger partial charge in [0, 0.05) is 39.9 Å². The van der Waals surface area contributed by atoms with E-state index in [1.807, 2.05) is 0 Å². The smallest absolute Gasteiger partial charge is 0.267 e. The maximum atomic E-state index is 13.3. The molecule has 4 rings (SSSR count). The first kappa shape index (κ1) is 23.1. The molecule has 0 spiro atoms. The summed E-state index contributed by atoms with van der Waals surface area (Å²) in [5.74, 6) is -0.455.